The minimum atomic E-state index is -3.71. The van der Waals surface area contributed by atoms with Crippen molar-refractivity contribution in [1.29, 1.82) is 0 Å². The van der Waals surface area contributed by atoms with E-state index in [0.29, 0.717) is 19.6 Å². The Morgan fingerprint density at radius 2 is 1.80 bits per heavy atom. The highest BCUT2D eigenvalue weighted by Gasteiger charge is 2.30. The molecule has 0 unspecified atom stereocenters. The molecule has 1 aromatic heterocycles. The van der Waals surface area contributed by atoms with Crippen molar-refractivity contribution >= 4 is 27.5 Å². The Labute approximate surface area is 182 Å². The summed E-state index contributed by atoms with van der Waals surface area (Å²) in [6.07, 6.45) is 5.55. The molecule has 0 radical (unpaired) electrons. The lowest BCUT2D eigenvalue weighted by Gasteiger charge is -2.26. The van der Waals surface area contributed by atoms with E-state index in [1.54, 1.807) is 12.3 Å². The molecule has 0 saturated carbocycles. The third-order valence-corrected chi connectivity index (χ3v) is 8.17. The topological polar surface area (TPSA) is 82.9 Å². The highest BCUT2D eigenvalue weighted by molar-refractivity contribution is 7.89. The van der Waals surface area contributed by atoms with E-state index in [4.69, 9.17) is 16.0 Å². The Kier molecular flexibility index (Phi) is 6.48. The van der Waals surface area contributed by atoms with Gasteiger partial charge in [0.25, 0.3) is 5.91 Å². The molecule has 162 valence electrons. The number of hydrogen-bond donors (Lipinski definition) is 1. The van der Waals surface area contributed by atoms with Gasteiger partial charge >= 0.3 is 0 Å². The van der Waals surface area contributed by atoms with Gasteiger partial charge in [0.05, 0.1) is 17.3 Å². The molecule has 9 heteroatoms. The van der Waals surface area contributed by atoms with Crippen molar-refractivity contribution < 1.29 is 17.6 Å². The van der Waals surface area contributed by atoms with E-state index < -0.39 is 10.0 Å². The number of amides is 1. The number of carbonyl (C=O) groups is 1. The summed E-state index contributed by atoms with van der Waals surface area (Å²) in [6, 6.07) is 8.12. The first-order valence-electron chi connectivity index (χ1n) is 10.3. The maximum Gasteiger partial charge on any atom is 0.251 e. The van der Waals surface area contributed by atoms with Crippen LogP contribution in [0.5, 0.6) is 0 Å². The molecule has 30 heavy (non-hydrogen) atoms. The van der Waals surface area contributed by atoms with Crippen LogP contribution < -0.4 is 5.32 Å². The van der Waals surface area contributed by atoms with Gasteiger partial charge in [-0.3, -0.25) is 9.69 Å². The van der Waals surface area contributed by atoms with Crippen LogP contribution in [0, 0.1) is 0 Å². The van der Waals surface area contributed by atoms with Crippen LogP contribution in [0.15, 0.2) is 45.9 Å². The van der Waals surface area contributed by atoms with Gasteiger partial charge in [0.15, 0.2) is 0 Å². The van der Waals surface area contributed by atoms with Crippen LogP contribution in [-0.2, 0) is 10.0 Å². The summed E-state index contributed by atoms with van der Waals surface area (Å²) < 4.78 is 32.8. The molecule has 1 N–H and O–H groups in total. The van der Waals surface area contributed by atoms with Crippen LogP contribution in [0.3, 0.4) is 0 Å². The molecule has 2 aliphatic heterocycles. The zero-order valence-electron chi connectivity index (χ0n) is 16.7. The Morgan fingerprint density at radius 3 is 2.47 bits per heavy atom. The number of benzene rings is 1. The monoisotopic (exact) mass is 451 g/mol. The smallest absolute Gasteiger partial charge is 0.251 e. The first-order chi connectivity index (χ1) is 14.5. The second-order valence-corrected chi connectivity index (χ2v) is 10.1. The van der Waals surface area contributed by atoms with Crippen LogP contribution in [0.1, 0.15) is 47.8 Å². The van der Waals surface area contributed by atoms with E-state index in [2.05, 4.69) is 10.2 Å². The summed E-state index contributed by atoms with van der Waals surface area (Å²) in [5.41, 5.74) is 0.275. The van der Waals surface area contributed by atoms with Crippen molar-refractivity contribution in [3.05, 3.63) is 52.9 Å². The number of carbonyl (C=O) groups excluding carboxylic acids is 1. The van der Waals surface area contributed by atoms with E-state index in [1.807, 2.05) is 12.1 Å². The van der Waals surface area contributed by atoms with Crippen molar-refractivity contribution in [3.8, 4) is 0 Å². The molecule has 2 fully saturated rings. The molecule has 4 rings (SSSR count). The Hall–Kier alpha value is -1.87. The molecule has 2 saturated heterocycles. The summed E-state index contributed by atoms with van der Waals surface area (Å²) in [6.45, 7) is 3.26. The molecule has 2 aromatic rings. The standard InChI is InChI=1S/C21H26ClN3O4S/c22-17-8-7-16(14-20(17)30(27,28)25-11-3-4-12-25)21(26)23-15-18(19-6-5-13-29-19)24-9-1-2-10-24/h5-8,13-14,18H,1-4,9-12,15H2,(H,23,26)/t18-/m1/s1. The third-order valence-electron chi connectivity index (χ3n) is 5.79. The number of rotatable bonds is 7. The highest BCUT2D eigenvalue weighted by atomic mass is 35.5. The first kappa shape index (κ1) is 21.4. The first-order valence-corrected chi connectivity index (χ1v) is 12.1. The van der Waals surface area contributed by atoms with Crippen molar-refractivity contribution in [3.63, 3.8) is 0 Å². The Bertz CT molecular complexity index is 982. The highest BCUT2D eigenvalue weighted by Crippen LogP contribution is 2.29. The molecule has 3 heterocycles. The second kappa shape index (κ2) is 9.09. The van der Waals surface area contributed by atoms with Crippen LogP contribution in [0.4, 0.5) is 0 Å². The second-order valence-electron chi connectivity index (χ2n) is 7.74. The van der Waals surface area contributed by atoms with Crippen molar-refractivity contribution in [2.45, 2.75) is 36.6 Å². The van der Waals surface area contributed by atoms with E-state index in [-0.39, 0.29) is 27.4 Å². The van der Waals surface area contributed by atoms with E-state index in [0.717, 1.165) is 44.5 Å². The zero-order valence-corrected chi connectivity index (χ0v) is 18.3. The molecule has 1 amide bonds. The molecule has 1 aromatic carbocycles. The molecule has 0 bridgehead atoms. The van der Waals surface area contributed by atoms with Gasteiger partial charge in [-0.15, -0.1) is 0 Å². The average molecular weight is 452 g/mol. The molecular weight excluding hydrogens is 426 g/mol. The number of nitrogens with one attached hydrogen (secondary N) is 1. The molecule has 2 aliphatic rings. The number of sulfonamides is 1. The predicted molar refractivity (Wildman–Crippen MR) is 114 cm³/mol. The molecule has 7 nitrogen and oxygen atoms in total. The largest absolute Gasteiger partial charge is 0.468 e. The predicted octanol–water partition coefficient (Wildman–Crippen LogP) is 3.28. The van der Waals surface area contributed by atoms with Crippen LogP contribution in [-0.4, -0.2) is 56.3 Å². The minimum absolute atomic E-state index is 0.0131. The van der Waals surface area contributed by atoms with E-state index in [1.165, 1.54) is 16.4 Å². The number of furan rings is 1. The third kappa shape index (κ3) is 4.42. The molecular formula is C21H26ClN3O4S. The fourth-order valence-electron chi connectivity index (χ4n) is 4.15. The van der Waals surface area contributed by atoms with Gasteiger partial charge in [-0.1, -0.05) is 11.6 Å². The molecule has 0 spiro atoms. The van der Waals surface area contributed by atoms with E-state index in [9.17, 15) is 13.2 Å². The summed E-state index contributed by atoms with van der Waals surface area (Å²) in [5, 5.41) is 3.07. The van der Waals surface area contributed by atoms with Crippen molar-refractivity contribution in [1.82, 2.24) is 14.5 Å². The van der Waals surface area contributed by atoms with Gasteiger partial charge < -0.3 is 9.73 Å². The lowest BCUT2D eigenvalue weighted by Crippen LogP contribution is -2.36. The van der Waals surface area contributed by atoms with Gasteiger partial charge in [0.2, 0.25) is 10.0 Å². The van der Waals surface area contributed by atoms with Crippen LogP contribution >= 0.6 is 11.6 Å². The number of nitrogens with zero attached hydrogens (tertiary/aromatic N) is 2. The van der Waals surface area contributed by atoms with Crippen LogP contribution in [0.25, 0.3) is 0 Å². The zero-order chi connectivity index (χ0) is 21.1. The molecule has 1 atom stereocenters. The van der Waals surface area contributed by atoms with Crippen LogP contribution in [0.2, 0.25) is 5.02 Å². The number of hydrogen-bond acceptors (Lipinski definition) is 5. The van der Waals surface area contributed by atoms with Gasteiger partial charge in [-0.05, 0) is 69.1 Å². The summed E-state index contributed by atoms with van der Waals surface area (Å²) in [5.74, 6) is 0.478. The SMILES string of the molecule is O=C(NC[C@H](c1ccco1)N1CCCC1)c1ccc(Cl)c(S(=O)(=O)N2CCCC2)c1. The number of halogens is 1. The summed E-state index contributed by atoms with van der Waals surface area (Å²) in [7, 11) is -3.71. The average Bonchev–Trinajstić information content (AvgIpc) is 3.51. The fraction of sp³-hybridized carbons (Fsp3) is 0.476. The van der Waals surface area contributed by atoms with Gasteiger partial charge in [-0.25, -0.2) is 8.42 Å². The fourth-order valence-corrected chi connectivity index (χ4v) is 6.16. The summed E-state index contributed by atoms with van der Waals surface area (Å²) in [4.78, 5) is 15.1. The Balaban J connectivity index is 1.50. The van der Waals surface area contributed by atoms with Gasteiger partial charge in [0, 0.05) is 25.2 Å². The lowest BCUT2D eigenvalue weighted by molar-refractivity contribution is 0.0933. The number of likely N-dealkylation sites (tertiary alicyclic amines) is 1. The maximum atomic E-state index is 12.9. The van der Waals surface area contributed by atoms with Crippen molar-refractivity contribution in [2.75, 3.05) is 32.7 Å². The van der Waals surface area contributed by atoms with Gasteiger partial charge in [0.1, 0.15) is 10.7 Å². The normalized spacial score (nSPS) is 19.2. The Morgan fingerprint density at radius 1 is 1.10 bits per heavy atom. The lowest BCUT2D eigenvalue weighted by atomic mass is 10.1. The van der Waals surface area contributed by atoms with E-state index >= 15 is 0 Å². The van der Waals surface area contributed by atoms with Gasteiger partial charge in [-0.2, -0.15) is 4.31 Å². The maximum absolute atomic E-state index is 12.9. The van der Waals surface area contributed by atoms with Crippen molar-refractivity contribution in [2.24, 2.45) is 0 Å². The minimum Gasteiger partial charge on any atom is -0.468 e. The summed E-state index contributed by atoms with van der Waals surface area (Å²) >= 11 is 6.19. The molecule has 0 aliphatic carbocycles. The quantitative estimate of drug-likeness (QED) is 0.698.